The van der Waals surface area contributed by atoms with E-state index in [1.165, 1.54) is 0 Å². The van der Waals surface area contributed by atoms with E-state index >= 15 is 0 Å². The fraction of sp³-hybridized carbons (Fsp3) is 0.176. The second-order valence-electron chi connectivity index (χ2n) is 5.66. The van der Waals surface area contributed by atoms with Gasteiger partial charge in [-0.05, 0) is 23.9 Å². The monoisotopic (exact) mass is 308 g/mol. The highest BCUT2D eigenvalue weighted by molar-refractivity contribution is 6.26. The minimum absolute atomic E-state index is 0.110. The van der Waals surface area contributed by atoms with Crippen LogP contribution in [0.5, 0.6) is 0 Å². The molecule has 1 saturated heterocycles. The zero-order valence-corrected chi connectivity index (χ0v) is 12.0. The number of piperidine rings is 1. The van der Waals surface area contributed by atoms with Crippen molar-refractivity contribution >= 4 is 34.4 Å². The Balaban J connectivity index is 1.86. The summed E-state index contributed by atoms with van der Waals surface area (Å²) in [5.74, 6) is -1.97. The first-order valence-electron chi connectivity index (χ1n) is 7.31. The molecule has 0 aliphatic carbocycles. The highest BCUT2D eigenvalue weighted by Gasteiger charge is 2.42. The van der Waals surface area contributed by atoms with Gasteiger partial charge >= 0.3 is 0 Å². The molecular weight excluding hydrogens is 296 g/mol. The second-order valence-corrected chi connectivity index (χ2v) is 5.66. The molecule has 1 N–H and O–H groups in total. The van der Waals surface area contributed by atoms with Crippen LogP contribution < -0.4 is 5.32 Å². The predicted molar refractivity (Wildman–Crippen MR) is 80.6 cm³/mol. The molecule has 0 bridgehead atoms. The summed E-state index contributed by atoms with van der Waals surface area (Å²) in [6.07, 6.45) is 0.263. The molecule has 4 rings (SSSR count). The van der Waals surface area contributed by atoms with Crippen LogP contribution in [0.25, 0.3) is 10.8 Å². The molecule has 1 atom stereocenters. The van der Waals surface area contributed by atoms with E-state index in [0.29, 0.717) is 16.5 Å². The molecule has 1 unspecified atom stereocenters. The summed E-state index contributed by atoms with van der Waals surface area (Å²) >= 11 is 0. The Morgan fingerprint density at radius 3 is 2.09 bits per heavy atom. The maximum Gasteiger partial charge on any atom is 0.262 e. The molecule has 2 aliphatic heterocycles. The van der Waals surface area contributed by atoms with E-state index in [-0.39, 0.29) is 18.7 Å². The molecule has 2 aliphatic rings. The van der Waals surface area contributed by atoms with Crippen LogP contribution in [0.1, 0.15) is 33.6 Å². The lowest BCUT2D eigenvalue weighted by molar-refractivity contribution is -0.136. The average Bonchev–Trinajstić information content (AvgIpc) is 2.54. The van der Waals surface area contributed by atoms with Crippen LogP contribution in [0.3, 0.4) is 0 Å². The first-order valence-corrected chi connectivity index (χ1v) is 7.31. The number of carbonyl (C=O) groups is 4. The number of nitrogens with zero attached hydrogens (tertiary/aromatic N) is 1. The van der Waals surface area contributed by atoms with E-state index in [4.69, 9.17) is 0 Å². The minimum atomic E-state index is -0.948. The third-order valence-corrected chi connectivity index (χ3v) is 4.32. The number of carbonyl (C=O) groups excluding carboxylic acids is 4. The number of hydrogen-bond acceptors (Lipinski definition) is 4. The van der Waals surface area contributed by atoms with Crippen molar-refractivity contribution in [3.63, 3.8) is 0 Å². The summed E-state index contributed by atoms with van der Waals surface area (Å²) in [6, 6.07) is 9.53. The molecular formula is C17H12N2O4. The topological polar surface area (TPSA) is 83.6 Å². The quantitative estimate of drug-likeness (QED) is 0.803. The van der Waals surface area contributed by atoms with Crippen LogP contribution in [0.2, 0.25) is 0 Å². The Kier molecular flexibility index (Phi) is 2.81. The van der Waals surface area contributed by atoms with Gasteiger partial charge in [-0.25, -0.2) is 0 Å². The van der Waals surface area contributed by atoms with Crippen molar-refractivity contribution in [2.24, 2.45) is 0 Å². The van der Waals surface area contributed by atoms with Crippen molar-refractivity contribution in [1.82, 2.24) is 10.2 Å². The lowest BCUT2D eigenvalue weighted by Crippen LogP contribution is -2.57. The largest absolute Gasteiger partial charge is 0.295 e. The average molecular weight is 308 g/mol. The lowest BCUT2D eigenvalue weighted by Gasteiger charge is -2.34. The fourth-order valence-electron chi connectivity index (χ4n) is 3.26. The summed E-state index contributed by atoms with van der Waals surface area (Å²) in [4.78, 5) is 49.9. The molecule has 6 nitrogen and oxygen atoms in total. The molecule has 0 aromatic heterocycles. The molecule has 6 heteroatoms. The zero-order valence-electron chi connectivity index (χ0n) is 12.0. The lowest BCUT2D eigenvalue weighted by atomic mass is 9.92. The standard InChI is InChI=1S/C17H12N2O4/c20-13-8-7-12(15(21)18-13)19-16(22)10-5-1-3-9-4-2-6-11(14(9)10)17(19)23/h1-6,12H,7-8H2,(H,18,20,21). The first kappa shape index (κ1) is 13.6. The van der Waals surface area contributed by atoms with Crippen LogP contribution in [-0.4, -0.2) is 34.6 Å². The van der Waals surface area contributed by atoms with Crippen LogP contribution in [-0.2, 0) is 9.59 Å². The molecule has 0 spiro atoms. The molecule has 114 valence electrons. The SMILES string of the molecule is O=C1CCC(N2C(=O)c3cccc4cccc(c34)C2=O)C(=O)N1. The van der Waals surface area contributed by atoms with Crippen molar-refractivity contribution in [2.45, 2.75) is 18.9 Å². The van der Waals surface area contributed by atoms with Gasteiger partial charge in [-0.15, -0.1) is 0 Å². The van der Waals surface area contributed by atoms with Gasteiger partial charge in [0.1, 0.15) is 6.04 Å². The van der Waals surface area contributed by atoms with Gasteiger partial charge < -0.3 is 0 Å². The summed E-state index contributed by atoms with van der Waals surface area (Å²) in [7, 11) is 0. The smallest absolute Gasteiger partial charge is 0.262 e. The van der Waals surface area contributed by atoms with Crippen molar-refractivity contribution in [3.8, 4) is 0 Å². The van der Waals surface area contributed by atoms with Gasteiger partial charge in [0.25, 0.3) is 11.8 Å². The fourth-order valence-corrected chi connectivity index (χ4v) is 3.26. The van der Waals surface area contributed by atoms with Crippen molar-refractivity contribution in [3.05, 3.63) is 47.5 Å². The zero-order chi connectivity index (χ0) is 16.1. The van der Waals surface area contributed by atoms with Gasteiger partial charge in [0, 0.05) is 22.9 Å². The molecule has 23 heavy (non-hydrogen) atoms. The molecule has 1 fully saturated rings. The molecule has 2 heterocycles. The van der Waals surface area contributed by atoms with Gasteiger partial charge in [0.05, 0.1) is 0 Å². The number of amides is 4. The molecule has 4 amide bonds. The normalized spacial score (nSPS) is 20.9. The Morgan fingerprint density at radius 2 is 1.52 bits per heavy atom. The molecule has 2 aromatic carbocycles. The van der Waals surface area contributed by atoms with Crippen molar-refractivity contribution in [1.29, 1.82) is 0 Å². The van der Waals surface area contributed by atoms with E-state index in [1.807, 2.05) is 12.1 Å². The number of benzene rings is 2. The summed E-state index contributed by atoms with van der Waals surface area (Å²) < 4.78 is 0. The third-order valence-electron chi connectivity index (χ3n) is 4.32. The molecule has 0 radical (unpaired) electrons. The van der Waals surface area contributed by atoms with Gasteiger partial charge in [0.15, 0.2) is 0 Å². The van der Waals surface area contributed by atoms with E-state index in [9.17, 15) is 19.2 Å². The van der Waals surface area contributed by atoms with Crippen LogP contribution in [0, 0.1) is 0 Å². The van der Waals surface area contributed by atoms with Gasteiger partial charge in [-0.3, -0.25) is 29.4 Å². The number of rotatable bonds is 1. The predicted octanol–water partition coefficient (Wildman–Crippen LogP) is 1.24. The Bertz CT molecular complexity index is 852. The second kappa shape index (κ2) is 4.74. The Hall–Kier alpha value is -3.02. The van der Waals surface area contributed by atoms with Crippen molar-refractivity contribution < 1.29 is 19.2 Å². The Labute approximate surface area is 131 Å². The van der Waals surface area contributed by atoms with Gasteiger partial charge in [-0.1, -0.05) is 24.3 Å². The van der Waals surface area contributed by atoms with Gasteiger partial charge in [0.2, 0.25) is 11.8 Å². The first-order chi connectivity index (χ1) is 11.1. The summed E-state index contributed by atoms with van der Waals surface area (Å²) in [6.45, 7) is 0. The van der Waals surface area contributed by atoms with Crippen LogP contribution in [0.4, 0.5) is 0 Å². The maximum atomic E-state index is 12.8. The summed E-state index contributed by atoms with van der Waals surface area (Å²) in [5.41, 5.74) is 0.810. The van der Waals surface area contributed by atoms with Gasteiger partial charge in [-0.2, -0.15) is 0 Å². The van der Waals surface area contributed by atoms with E-state index < -0.39 is 23.8 Å². The number of imide groups is 2. The van der Waals surface area contributed by atoms with E-state index in [0.717, 1.165) is 10.3 Å². The van der Waals surface area contributed by atoms with E-state index in [1.54, 1.807) is 24.3 Å². The van der Waals surface area contributed by atoms with Crippen LogP contribution in [0.15, 0.2) is 36.4 Å². The van der Waals surface area contributed by atoms with Crippen LogP contribution >= 0.6 is 0 Å². The summed E-state index contributed by atoms with van der Waals surface area (Å²) in [5, 5.41) is 3.62. The maximum absolute atomic E-state index is 12.8. The van der Waals surface area contributed by atoms with E-state index in [2.05, 4.69) is 5.32 Å². The molecule has 2 aromatic rings. The highest BCUT2D eigenvalue weighted by Crippen LogP contribution is 2.32. The third kappa shape index (κ3) is 1.88. The number of hydrogen-bond donors (Lipinski definition) is 1. The highest BCUT2D eigenvalue weighted by atomic mass is 16.2. The Morgan fingerprint density at radius 1 is 0.913 bits per heavy atom. The molecule has 0 saturated carbocycles. The minimum Gasteiger partial charge on any atom is -0.295 e. The van der Waals surface area contributed by atoms with Crippen molar-refractivity contribution in [2.75, 3.05) is 0 Å². The number of nitrogens with one attached hydrogen (secondary N) is 1.